The molecule has 6 nitrogen and oxygen atoms in total. The molecule has 0 atom stereocenters. The lowest BCUT2D eigenvalue weighted by molar-refractivity contribution is 0.100. The Kier molecular flexibility index (Phi) is 6.62. The molecule has 0 aliphatic heterocycles. The van der Waals surface area contributed by atoms with Gasteiger partial charge >= 0.3 is 0 Å². The summed E-state index contributed by atoms with van der Waals surface area (Å²) >= 11 is 1.64. The van der Waals surface area contributed by atoms with Gasteiger partial charge in [-0.25, -0.2) is 9.37 Å². The second-order valence-corrected chi connectivity index (χ2v) is 6.98. The fourth-order valence-electron chi connectivity index (χ4n) is 2.92. The van der Waals surface area contributed by atoms with Crippen LogP contribution in [0.4, 0.5) is 10.1 Å². The van der Waals surface area contributed by atoms with Crippen LogP contribution >= 0.6 is 11.8 Å². The Morgan fingerprint density at radius 3 is 2.90 bits per heavy atom. The van der Waals surface area contributed by atoms with E-state index in [0.717, 1.165) is 16.3 Å². The van der Waals surface area contributed by atoms with Crippen molar-refractivity contribution in [3.8, 4) is 17.6 Å². The molecule has 150 valence electrons. The number of benzene rings is 2. The quantitative estimate of drug-likeness (QED) is 0.460. The molecule has 0 aliphatic rings. The molecule has 1 heterocycles. The molecule has 0 aliphatic carbocycles. The van der Waals surface area contributed by atoms with Crippen LogP contribution in [0.5, 0.6) is 5.75 Å². The van der Waals surface area contributed by atoms with E-state index in [1.54, 1.807) is 35.6 Å². The largest absolute Gasteiger partial charge is 0.495 e. The zero-order valence-corrected chi connectivity index (χ0v) is 17.0. The maximum atomic E-state index is 12.8. The van der Waals surface area contributed by atoms with Gasteiger partial charge in [0.1, 0.15) is 17.9 Å². The molecule has 0 bridgehead atoms. The first kappa shape index (κ1) is 20.6. The molecule has 29 heavy (non-hydrogen) atoms. The summed E-state index contributed by atoms with van der Waals surface area (Å²) in [5.41, 5.74) is 8.28. The van der Waals surface area contributed by atoms with Gasteiger partial charge in [0.15, 0.2) is 0 Å². The Morgan fingerprint density at radius 2 is 2.21 bits per heavy atom. The molecule has 1 amide bonds. The molecule has 0 saturated carbocycles. The molecule has 0 spiro atoms. The molecule has 1 aromatic heterocycles. The van der Waals surface area contributed by atoms with Gasteiger partial charge in [-0.15, -0.1) is 11.8 Å². The number of aromatic nitrogens is 2. The van der Waals surface area contributed by atoms with E-state index < -0.39 is 12.6 Å². The van der Waals surface area contributed by atoms with E-state index in [9.17, 15) is 9.18 Å². The van der Waals surface area contributed by atoms with Crippen molar-refractivity contribution < 1.29 is 13.9 Å². The van der Waals surface area contributed by atoms with E-state index in [4.69, 9.17) is 10.5 Å². The van der Waals surface area contributed by atoms with Crippen LogP contribution in [0, 0.1) is 11.8 Å². The minimum atomic E-state index is -0.596. The lowest BCUT2D eigenvalue weighted by atomic mass is 10.1. The summed E-state index contributed by atoms with van der Waals surface area (Å²) in [5.74, 6) is 6.19. The minimum Gasteiger partial charge on any atom is -0.495 e. The van der Waals surface area contributed by atoms with Gasteiger partial charge in [-0.2, -0.15) is 0 Å². The second-order valence-electron chi connectivity index (χ2n) is 6.10. The number of amides is 1. The number of fused-ring (bicyclic) bond motifs is 1. The van der Waals surface area contributed by atoms with E-state index in [1.807, 2.05) is 24.5 Å². The molecule has 0 saturated heterocycles. The van der Waals surface area contributed by atoms with Gasteiger partial charge in [0.05, 0.1) is 43.3 Å². The van der Waals surface area contributed by atoms with Crippen LogP contribution < -0.4 is 15.8 Å². The summed E-state index contributed by atoms with van der Waals surface area (Å²) in [4.78, 5) is 17.1. The topological polar surface area (TPSA) is 82.2 Å². The zero-order chi connectivity index (χ0) is 20.8. The molecular weight excluding hydrogens is 391 g/mol. The number of nitrogens with one attached hydrogen (secondary N) is 1. The lowest BCUT2D eigenvalue weighted by Gasteiger charge is -2.10. The van der Waals surface area contributed by atoms with Crippen molar-refractivity contribution >= 4 is 34.4 Å². The van der Waals surface area contributed by atoms with Crippen LogP contribution in [0.15, 0.2) is 41.6 Å². The summed E-state index contributed by atoms with van der Waals surface area (Å²) in [6.45, 7) is -0.00398. The fraction of sp³-hybridized carbons (Fsp3) is 0.238. The molecule has 2 aromatic carbocycles. The number of halogens is 1. The van der Waals surface area contributed by atoms with E-state index in [0.29, 0.717) is 23.1 Å². The second kappa shape index (κ2) is 9.34. The van der Waals surface area contributed by atoms with Gasteiger partial charge in [0.2, 0.25) is 0 Å². The van der Waals surface area contributed by atoms with Gasteiger partial charge in [0.25, 0.3) is 5.91 Å². The normalized spacial score (nSPS) is 10.4. The van der Waals surface area contributed by atoms with Crippen molar-refractivity contribution in [2.45, 2.75) is 11.4 Å². The van der Waals surface area contributed by atoms with Crippen molar-refractivity contribution in [2.75, 3.05) is 31.9 Å². The number of primary amides is 1. The van der Waals surface area contributed by atoms with E-state index >= 15 is 0 Å². The average molecular weight is 412 g/mol. The van der Waals surface area contributed by atoms with E-state index in [2.05, 4.69) is 22.1 Å². The van der Waals surface area contributed by atoms with E-state index in [-0.39, 0.29) is 12.1 Å². The smallest absolute Gasteiger partial charge is 0.251 e. The summed E-state index contributed by atoms with van der Waals surface area (Å²) in [5, 5.41) is 3.22. The standard InChI is InChI=1S/C21H21FN4O2S/c1-28-19-12-15(29-2)5-6-17(19)24-8-3-4-14-10-16(21(23)27)20-18(11-14)26(9-7-22)13-25-20/h5-6,10-13,24H,7-9H2,1-2H3,(H2,23,27). The number of ether oxygens (including phenoxy) is 1. The van der Waals surface area contributed by atoms with Crippen molar-refractivity contribution in [1.29, 1.82) is 0 Å². The van der Waals surface area contributed by atoms with Crippen molar-refractivity contribution in [3.05, 3.63) is 47.8 Å². The zero-order valence-electron chi connectivity index (χ0n) is 16.2. The molecule has 0 radical (unpaired) electrons. The number of rotatable bonds is 7. The third-order valence-electron chi connectivity index (χ3n) is 4.32. The minimum absolute atomic E-state index is 0.152. The number of anilines is 1. The number of aryl methyl sites for hydroxylation is 1. The predicted octanol–water partition coefficient (Wildman–Crippen LogP) is 3.30. The van der Waals surface area contributed by atoms with Crippen LogP contribution in [-0.2, 0) is 6.54 Å². The number of methoxy groups -OCH3 is 1. The SMILES string of the molecule is COc1cc(SC)ccc1NCC#Cc1cc(C(N)=O)c2ncn(CCF)c2c1. The first-order chi connectivity index (χ1) is 14.1. The highest BCUT2D eigenvalue weighted by atomic mass is 32.2. The first-order valence-electron chi connectivity index (χ1n) is 8.86. The highest BCUT2D eigenvalue weighted by molar-refractivity contribution is 7.98. The molecule has 3 rings (SSSR count). The van der Waals surface area contributed by atoms with Crippen LogP contribution in [-0.4, -0.2) is 42.0 Å². The van der Waals surface area contributed by atoms with Crippen LogP contribution in [0.2, 0.25) is 0 Å². The number of imidazole rings is 1. The molecule has 0 fully saturated rings. The number of carbonyl (C=O) groups is 1. The van der Waals surface area contributed by atoms with Crippen molar-refractivity contribution in [2.24, 2.45) is 5.73 Å². The number of nitrogens with two attached hydrogens (primary N) is 1. The third kappa shape index (κ3) is 4.63. The van der Waals surface area contributed by atoms with E-state index in [1.165, 1.54) is 6.33 Å². The number of hydrogen-bond acceptors (Lipinski definition) is 5. The molecular formula is C21H21FN4O2S. The van der Waals surface area contributed by atoms with Gasteiger partial charge in [-0.05, 0) is 36.6 Å². The predicted molar refractivity (Wildman–Crippen MR) is 114 cm³/mol. The van der Waals surface area contributed by atoms with Gasteiger partial charge in [-0.1, -0.05) is 11.8 Å². The Morgan fingerprint density at radius 1 is 1.38 bits per heavy atom. The monoisotopic (exact) mass is 412 g/mol. The van der Waals surface area contributed by atoms with Crippen molar-refractivity contribution in [3.63, 3.8) is 0 Å². The van der Waals surface area contributed by atoms with Gasteiger partial charge < -0.3 is 20.4 Å². The first-order valence-corrected chi connectivity index (χ1v) is 10.1. The maximum absolute atomic E-state index is 12.8. The number of thioether (sulfide) groups is 1. The van der Waals surface area contributed by atoms with Crippen LogP contribution in [0.1, 0.15) is 15.9 Å². The van der Waals surface area contributed by atoms with Crippen LogP contribution in [0.3, 0.4) is 0 Å². The summed E-state index contributed by atoms with van der Waals surface area (Å²) in [7, 11) is 1.62. The molecule has 3 aromatic rings. The Bertz CT molecular complexity index is 1100. The number of nitrogens with zero attached hydrogens (tertiary/aromatic N) is 2. The number of carbonyl (C=O) groups excluding carboxylic acids is 1. The lowest BCUT2D eigenvalue weighted by Crippen LogP contribution is -2.12. The summed E-state index contributed by atoms with van der Waals surface area (Å²) in [6.07, 6.45) is 3.50. The highest BCUT2D eigenvalue weighted by Crippen LogP contribution is 2.29. The Hall–Kier alpha value is -3.18. The van der Waals surface area contributed by atoms with Crippen LogP contribution in [0.25, 0.3) is 11.0 Å². The van der Waals surface area contributed by atoms with Gasteiger partial charge in [0, 0.05) is 10.5 Å². The Balaban J connectivity index is 1.83. The molecule has 0 unspecified atom stereocenters. The van der Waals surface area contributed by atoms with Gasteiger partial charge in [-0.3, -0.25) is 4.79 Å². The molecule has 3 N–H and O–H groups in total. The fourth-order valence-corrected chi connectivity index (χ4v) is 3.35. The maximum Gasteiger partial charge on any atom is 0.251 e. The number of hydrogen-bond donors (Lipinski definition) is 2. The third-order valence-corrected chi connectivity index (χ3v) is 5.05. The highest BCUT2D eigenvalue weighted by Gasteiger charge is 2.13. The molecule has 8 heteroatoms. The summed E-state index contributed by atoms with van der Waals surface area (Å²) < 4.78 is 19.8. The number of alkyl halides is 1. The Labute approximate surface area is 172 Å². The average Bonchev–Trinajstić information content (AvgIpc) is 3.13. The summed E-state index contributed by atoms with van der Waals surface area (Å²) in [6, 6.07) is 9.30. The van der Waals surface area contributed by atoms with Crippen molar-refractivity contribution in [1.82, 2.24) is 9.55 Å².